The van der Waals surface area contributed by atoms with Crippen LogP contribution in [0.4, 0.5) is 5.69 Å². The number of amides is 1. The maximum absolute atomic E-state index is 12.5. The van der Waals surface area contributed by atoms with Crippen LogP contribution in [-0.2, 0) is 0 Å². The predicted molar refractivity (Wildman–Crippen MR) is 108 cm³/mol. The average Bonchev–Trinajstić information content (AvgIpc) is 3.16. The van der Waals surface area contributed by atoms with Crippen LogP contribution in [0.25, 0.3) is 0 Å². The number of hydrogen-bond donors (Lipinski definition) is 1. The van der Waals surface area contributed by atoms with Gasteiger partial charge in [-0.25, -0.2) is 0 Å². The number of carbonyl (C=O) groups excluding carboxylic acids is 1. The van der Waals surface area contributed by atoms with Crippen LogP contribution < -0.4 is 19.7 Å². The second kappa shape index (κ2) is 7.62. The molecule has 8 heteroatoms. The third kappa shape index (κ3) is 3.94. The minimum Gasteiger partial charge on any atom is -0.454 e. The van der Waals surface area contributed by atoms with Crippen molar-refractivity contribution in [2.24, 2.45) is 0 Å². The van der Waals surface area contributed by atoms with E-state index >= 15 is 0 Å². The molecular formula is C19H18ClN3O3S. The fourth-order valence-electron chi connectivity index (χ4n) is 3.13. The third-order valence-corrected chi connectivity index (χ3v) is 5.19. The first-order valence-electron chi connectivity index (χ1n) is 8.60. The van der Waals surface area contributed by atoms with Crippen LogP contribution in [0, 0.1) is 0 Å². The number of thiocarbonyl (C=S) groups is 1. The molecule has 1 amide bonds. The first-order chi connectivity index (χ1) is 13.1. The summed E-state index contributed by atoms with van der Waals surface area (Å²) in [5.41, 5.74) is 1.58. The molecular weight excluding hydrogens is 386 g/mol. The number of nitrogens with one attached hydrogen (secondary N) is 1. The molecule has 2 aliphatic rings. The summed E-state index contributed by atoms with van der Waals surface area (Å²) in [5.74, 6) is 0.963. The van der Waals surface area contributed by atoms with Crippen molar-refractivity contribution >= 4 is 40.5 Å². The summed E-state index contributed by atoms with van der Waals surface area (Å²) in [5, 5.41) is 3.96. The summed E-state index contributed by atoms with van der Waals surface area (Å²) in [6.45, 7) is 3.25. The maximum atomic E-state index is 12.5. The van der Waals surface area contributed by atoms with E-state index in [2.05, 4.69) is 10.2 Å². The van der Waals surface area contributed by atoms with E-state index in [1.807, 2.05) is 29.2 Å². The first kappa shape index (κ1) is 17.9. The number of carbonyl (C=O) groups is 1. The van der Waals surface area contributed by atoms with E-state index in [1.165, 1.54) is 0 Å². The quantitative estimate of drug-likeness (QED) is 0.778. The molecule has 0 aromatic heterocycles. The molecule has 0 atom stereocenters. The number of halogens is 1. The van der Waals surface area contributed by atoms with Gasteiger partial charge in [0.1, 0.15) is 0 Å². The highest BCUT2D eigenvalue weighted by Crippen LogP contribution is 2.32. The van der Waals surface area contributed by atoms with Gasteiger partial charge in [-0.15, -0.1) is 0 Å². The zero-order valence-electron chi connectivity index (χ0n) is 14.5. The smallest absolute Gasteiger partial charge is 0.257 e. The van der Waals surface area contributed by atoms with Crippen LogP contribution in [0.1, 0.15) is 10.4 Å². The predicted octanol–water partition coefficient (Wildman–Crippen LogP) is 2.91. The minimum atomic E-state index is -0.254. The van der Waals surface area contributed by atoms with E-state index in [0.29, 0.717) is 22.2 Å². The lowest BCUT2D eigenvalue weighted by Gasteiger charge is -2.37. The maximum Gasteiger partial charge on any atom is 0.257 e. The van der Waals surface area contributed by atoms with E-state index in [0.717, 1.165) is 36.9 Å². The summed E-state index contributed by atoms with van der Waals surface area (Å²) in [7, 11) is 0. The Morgan fingerprint density at radius 3 is 2.59 bits per heavy atom. The molecule has 1 saturated heterocycles. The SMILES string of the molecule is O=C(NC(=S)N1CCN(c2cccc(Cl)c2)CC1)c1ccc2c(c1)OCO2. The van der Waals surface area contributed by atoms with Gasteiger partial charge in [0.15, 0.2) is 16.6 Å². The Hall–Kier alpha value is -2.51. The Kier molecular flexibility index (Phi) is 5.05. The summed E-state index contributed by atoms with van der Waals surface area (Å²) < 4.78 is 10.6. The summed E-state index contributed by atoms with van der Waals surface area (Å²) in [4.78, 5) is 16.7. The largest absolute Gasteiger partial charge is 0.454 e. The highest BCUT2D eigenvalue weighted by Gasteiger charge is 2.22. The molecule has 0 radical (unpaired) electrons. The van der Waals surface area contributed by atoms with Crippen LogP contribution in [0.3, 0.4) is 0 Å². The zero-order valence-corrected chi connectivity index (χ0v) is 16.1. The molecule has 2 heterocycles. The van der Waals surface area contributed by atoms with E-state index in [9.17, 15) is 4.79 Å². The molecule has 2 aliphatic heterocycles. The van der Waals surface area contributed by atoms with Gasteiger partial charge in [0, 0.05) is 42.5 Å². The number of rotatable bonds is 2. The molecule has 0 unspecified atom stereocenters. The normalized spacial score (nSPS) is 15.6. The van der Waals surface area contributed by atoms with Crippen molar-refractivity contribution in [3.05, 3.63) is 53.1 Å². The van der Waals surface area contributed by atoms with Crippen LogP contribution in [0.5, 0.6) is 11.5 Å². The molecule has 1 N–H and O–H groups in total. The van der Waals surface area contributed by atoms with Crippen molar-refractivity contribution < 1.29 is 14.3 Å². The fraction of sp³-hybridized carbons (Fsp3) is 0.263. The molecule has 1 fully saturated rings. The number of anilines is 1. The highest BCUT2D eigenvalue weighted by molar-refractivity contribution is 7.80. The second-order valence-electron chi connectivity index (χ2n) is 6.28. The van der Waals surface area contributed by atoms with Gasteiger partial charge < -0.3 is 19.3 Å². The van der Waals surface area contributed by atoms with Gasteiger partial charge in [0.05, 0.1) is 0 Å². The lowest BCUT2D eigenvalue weighted by atomic mass is 10.2. The van der Waals surface area contributed by atoms with Crippen LogP contribution in [0.15, 0.2) is 42.5 Å². The lowest BCUT2D eigenvalue weighted by molar-refractivity contribution is 0.0972. The highest BCUT2D eigenvalue weighted by atomic mass is 35.5. The van der Waals surface area contributed by atoms with Gasteiger partial charge in [-0.05, 0) is 48.6 Å². The summed E-state index contributed by atoms with van der Waals surface area (Å²) >= 11 is 11.5. The van der Waals surface area contributed by atoms with Crippen molar-refractivity contribution in [1.82, 2.24) is 10.2 Å². The van der Waals surface area contributed by atoms with Crippen molar-refractivity contribution in [2.75, 3.05) is 37.9 Å². The van der Waals surface area contributed by atoms with Crippen LogP contribution in [0.2, 0.25) is 5.02 Å². The van der Waals surface area contributed by atoms with Gasteiger partial charge in [0.2, 0.25) is 6.79 Å². The number of ether oxygens (including phenoxy) is 2. The molecule has 4 rings (SSSR count). The average molecular weight is 404 g/mol. The number of piperazine rings is 1. The Balaban J connectivity index is 1.33. The van der Waals surface area contributed by atoms with Crippen LogP contribution >= 0.6 is 23.8 Å². The van der Waals surface area contributed by atoms with Crippen LogP contribution in [-0.4, -0.2) is 48.9 Å². The van der Waals surface area contributed by atoms with Gasteiger partial charge in [-0.2, -0.15) is 0 Å². The second-order valence-corrected chi connectivity index (χ2v) is 7.10. The van der Waals surface area contributed by atoms with Crippen molar-refractivity contribution in [3.63, 3.8) is 0 Å². The number of benzene rings is 2. The number of hydrogen-bond acceptors (Lipinski definition) is 5. The third-order valence-electron chi connectivity index (χ3n) is 4.60. The number of fused-ring (bicyclic) bond motifs is 1. The Morgan fingerprint density at radius 1 is 1.04 bits per heavy atom. The first-order valence-corrected chi connectivity index (χ1v) is 9.39. The molecule has 2 aromatic carbocycles. The fourth-order valence-corrected chi connectivity index (χ4v) is 3.59. The monoisotopic (exact) mass is 403 g/mol. The molecule has 27 heavy (non-hydrogen) atoms. The summed E-state index contributed by atoms with van der Waals surface area (Å²) in [6, 6.07) is 12.9. The molecule has 0 aliphatic carbocycles. The van der Waals surface area contributed by atoms with E-state index in [1.54, 1.807) is 18.2 Å². The molecule has 6 nitrogen and oxygen atoms in total. The van der Waals surface area contributed by atoms with E-state index < -0.39 is 0 Å². The van der Waals surface area contributed by atoms with Gasteiger partial charge in [-0.3, -0.25) is 10.1 Å². The molecule has 2 aromatic rings. The van der Waals surface area contributed by atoms with Crippen molar-refractivity contribution in [3.8, 4) is 11.5 Å². The van der Waals surface area contributed by atoms with Gasteiger partial charge in [-0.1, -0.05) is 17.7 Å². The zero-order chi connectivity index (χ0) is 18.8. The Labute approximate surface area is 167 Å². The van der Waals surface area contributed by atoms with Crippen molar-refractivity contribution in [2.45, 2.75) is 0 Å². The topological polar surface area (TPSA) is 54.0 Å². The minimum absolute atomic E-state index is 0.176. The van der Waals surface area contributed by atoms with E-state index in [-0.39, 0.29) is 12.7 Å². The molecule has 0 bridgehead atoms. The molecule has 0 saturated carbocycles. The number of nitrogens with zero attached hydrogens (tertiary/aromatic N) is 2. The van der Waals surface area contributed by atoms with Gasteiger partial charge >= 0.3 is 0 Å². The standard InChI is InChI=1S/C19H18ClN3O3S/c20-14-2-1-3-15(11-14)22-6-8-23(9-7-22)19(27)21-18(24)13-4-5-16-17(10-13)26-12-25-16/h1-5,10-11H,6-9,12H2,(H,21,24,27). The lowest BCUT2D eigenvalue weighted by Crippen LogP contribution is -2.52. The summed E-state index contributed by atoms with van der Waals surface area (Å²) in [6.07, 6.45) is 0. The Morgan fingerprint density at radius 2 is 1.81 bits per heavy atom. The molecule has 140 valence electrons. The van der Waals surface area contributed by atoms with E-state index in [4.69, 9.17) is 33.3 Å². The molecule has 0 spiro atoms. The van der Waals surface area contributed by atoms with Gasteiger partial charge in [0.25, 0.3) is 5.91 Å². The Bertz CT molecular complexity index is 884. The van der Waals surface area contributed by atoms with Crippen molar-refractivity contribution in [1.29, 1.82) is 0 Å².